The predicted octanol–water partition coefficient (Wildman–Crippen LogP) is 0.129. The van der Waals surface area contributed by atoms with Crippen molar-refractivity contribution in [3.8, 4) is 0 Å². The van der Waals surface area contributed by atoms with E-state index in [2.05, 4.69) is 5.32 Å². The Morgan fingerprint density at radius 3 is 2.43 bits per heavy atom. The second-order valence-corrected chi connectivity index (χ2v) is 4.79. The topological polar surface area (TPSA) is 39.7 Å². The molecule has 1 atom stereocenters. The zero-order valence-corrected chi connectivity index (χ0v) is 8.38. The Morgan fingerprint density at radius 2 is 1.93 bits per heavy atom. The summed E-state index contributed by atoms with van der Waals surface area (Å²) < 4.78 is 16.7. The monoisotopic (exact) mass is 199 g/mol. The zero-order chi connectivity index (χ0) is 9.49. The van der Waals surface area contributed by atoms with Gasteiger partial charge in [-0.05, 0) is 12.8 Å². The molecule has 0 aromatic carbocycles. The summed E-state index contributed by atoms with van der Waals surface area (Å²) in [5.74, 6) is 0. The molecule has 3 fully saturated rings. The quantitative estimate of drug-likeness (QED) is 0.602. The molecule has 14 heavy (non-hydrogen) atoms. The zero-order valence-electron chi connectivity index (χ0n) is 8.38. The first-order chi connectivity index (χ1) is 6.83. The van der Waals surface area contributed by atoms with Gasteiger partial charge in [0.1, 0.15) is 5.72 Å². The first kappa shape index (κ1) is 9.09. The first-order valence-electron chi connectivity index (χ1n) is 5.37. The molecule has 0 aromatic heterocycles. The molecule has 3 aliphatic rings. The largest absolute Gasteiger partial charge is 0.380 e. The van der Waals surface area contributed by atoms with Crippen molar-refractivity contribution in [1.29, 1.82) is 0 Å². The van der Waals surface area contributed by atoms with Crippen molar-refractivity contribution in [2.45, 2.75) is 18.6 Å². The van der Waals surface area contributed by atoms with Crippen molar-refractivity contribution in [2.75, 3.05) is 39.6 Å². The summed E-state index contributed by atoms with van der Waals surface area (Å²) in [6.45, 7) is 5.10. The molecule has 0 saturated carbocycles. The highest BCUT2D eigenvalue weighted by Crippen LogP contribution is 2.35. The molecule has 0 bridgehead atoms. The SMILES string of the molecule is C1COCC2(C1)NCC1(COC1)CO2. The van der Waals surface area contributed by atoms with Crippen molar-refractivity contribution in [1.82, 2.24) is 5.32 Å². The minimum Gasteiger partial charge on any atom is -0.380 e. The standard InChI is InChI=1S/C10H17NO3/c1-2-10(8-12-3-1)11-4-9(7-14-10)5-13-6-9/h11H,1-8H2. The van der Waals surface area contributed by atoms with Crippen LogP contribution in [0.3, 0.4) is 0 Å². The lowest BCUT2D eigenvalue weighted by Gasteiger charge is -2.51. The Morgan fingerprint density at radius 1 is 1.00 bits per heavy atom. The van der Waals surface area contributed by atoms with Crippen LogP contribution in [0.1, 0.15) is 12.8 Å². The molecule has 3 saturated heterocycles. The lowest BCUT2D eigenvalue weighted by molar-refractivity contribution is -0.244. The van der Waals surface area contributed by atoms with Crippen molar-refractivity contribution in [3.63, 3.8) is 0 Å². The van der Waals surface area contributed by atoms with Crippen LogP contribution in [-0.2, 0) is 14.2 Å². The fourth-order valence-electron chi connectivity index (χ4n) is 2.34. The van der Waals surface area contributed by atoms with Gasteiger partial charge in [0, 0.05) is 13.2 Å². The average molecular weight is 199 g/mol. The Bertz CT molecular complexity index is 209. The number of ether oxygens (including phenoxy) is 3. The van der Waals surface area contributed by atoms with Crippen LogP contribution in [0, 0.1) is 5.41 Å². The number of hydrogen-bond donors (Lipinski definition) is 1. The molecule has 0 aliphatic carbocycles. The highest BCUT2D eigenvalue weighted by Gasteiger charge is 2.48. The van der Waals surface area contributed by atoms with Crippen molar-refractivity contribution < 1.29 is 14.2 Å². The molecular weight excluding hydrogens is 182 g/mol. The van der Waals surface area contributed by atoms with E-state index >= 15 is 0 Å². The Labute approximate surface area is 83.9 Å². The lowest BCUT2D eigenvalue weighted by atomic mass is 9.84. The predicted molar refractivity (Wildman–Crippen MR) is 50.0 cm³/mol. The van der Waals surface area contributed by atoms with Crippen LogP contribution < -0.4 is 5.32 Å². The van der Waals surface area contributed by atoms with Crippen molar-refractivity contribution in [2.24, 2.45) is 5.41 Å². The summed E-state index contributed by atoms with van der Waals surface area (Å²) in [5.41, 5.74) is 0.0851. The van der Waals surface area contributed by atoms with Gasteiger partial charge in [-0.15, -0.1) is 0 Å². The molecule has 80 valence electrons. The summed E-state index contributed by atoms with van der Waals surface area (Å²) in [4.78, 5) is 0. The van der Waals surface area contributed by atoms with E-state index in [0.717, 1.165) is 45.8 Å². The number of rotatable bonds is 0. The highest BCUT2D eigenvalue weighted by atomic mass is 16.6. The third-order valence-electron chi connectivity index (χ3n) is 3.46. The average Bonchev–Trinajstić information content (AvgIpc) is 2.18. The van der Waals surface area contributed by atoms with Crippen LogP contribution in [0.4, 0.5) is 0 Å². The number of nitrogens with one attached hydrogen (secondary N) is 1. The molecule has 3 rings (SSSR count). The van der Waals surface area contributed by atoms with Crippen molar-refractivity contribution in [3.05, 3.63) is 0 Å². The van der Waals surface area contributed by atoms with Crippen LogP contribution in [0.2, 0.25) is 0 Å². The minimum absolute atomic E-state index is 0.181. The van der Waals surface area contributed by atoms with E-state index < -0.39 is 0 Å². The third-order valence-corrected chi connectivity index (χ3v) is 3.46. The van der Waals surface area contributed by atoms with Gasteiger partial charge in [0.2, 0.25) is 0 Å². The van der Waals surface area contributed by atoms with Gasteiger partial charge in [-0.3, -0.25) is 5.32 Å². The van der Waals surface area contributed by atoms with Gasteiger partial charge in [0.25, 0.3) is 0 Å². The normalized spacial score (nSPS) is 41.1. The summed E-state index contributed by atoms with van der Waals surface area (Å²) in [7, 11) is 0. The van der Waals surface area contributed by atoms with Gasteiger partial charge < -0.3 is 14.2 Å². The minimum atomic E-state index is -0.181. The van der Waals surface area contributed by atoms with Gasteiger partial charge in [-0.1, -0.05) is 0 Å². The smallest absolute Gasteiger partial charge is 0.142 e. The Balaban J connectivity index is 1.63. The molecule has 3 aliphatic heterocycles. The molecule has 0 radical (unpaired) electrons. The third kappa shape index (κ3) is 1.37. The Kier molecular flexibility index (Phi) is 2.06. The summed E-state index contributed by atoms with van der Waals surface area (Å²) >= 11 is 0. The molecule has 1 N–H and O–H groups in total. The maximum atomic E-state index is 5.95. The maximum absolute atomic E-state index is 5.95. The second kappa shape index (κ2) is 3.17. The highest BCUT2D eigenvalue weighted by molar-refractivity contribution is 4.96. The van der Waals surface area contributed by atoms with Gasteiger partial charge in [0.15, 0.2) is 0 Å². The van der Waals surface area contributed by atoms with Crippen LogP contribution >= 0.6 is 0 Å². The maximum Gasteiger partial charge on any atom is 0.142 e. The fraction of sp³-hybridized carbons (Fsp3) is 1.00. The van der Waals surface area contributed by atoms with E-state index in [0.29, 0.717) is 6.61 Å². The summed E-state index contributed by atoms with van der Waals surface area (Å²) in [6, 6.07) is 0. The fourth-order valence-corrected chi connectivity index (χ4v) is 2.34. The number of hydrogen-bond acceptors (Lipinski definition) is 4. The Hall–Kier alpha value is -0.160. The molecule has 2 spiro atoms. The van der Waals surface area contributed by atoms with Gasteiger partial charge in [-0.25, -0.2) is 0 Å². The molecule has 0 aromatic rings. The first-order valence-corrected chi connectivity index (χ1v) is 5.37. The molecule has 3 heterocycles. The van der Waals surface area contributed by atoms with Gasteiger partial charge in [0.05, 0.1) is 31.8 Å². The van der Waals surface area contributed by atoms with Gasteiger partial charge in [-0.2, -0.15) is 0 Å². The van der Waals surface area contributed by atoms with Crippen LogP contribution in [0.25, 0.3) is 0 Å². The molecular formula is C10H17NO3. The van der Waals surface area contributed by atoms with E-state index in [9.17, 15) is 0 Å². The molecule has 4 nitrogen and oxygen atoms in total. The van der Waals surface area contributed by atoms with E-state index in [1.807, 2.05) is 0 Å². The van der Waals surface area contributed by atoms with Crippen LogP contribution in [0.5, 0.6) is 0 Å². The molecule has 1 unspecified atom stereocenters. The van der Waals surface area contributed by atoms with E-state index in [1.165, 1.54) is 0 Å². The summed E-state index contributed by atoms with van der Waals surface area (Å²) in [5, 5.41) is 3.50. The molecule has 0 amide bonds. The van der Waals surface area contributed by atoms with E-state index in [1.54, 1.807) is 0 Å². The van der Waals surface area contributed by atoms with Crippen LogP contribution in [-0.4, -0.2) is 45.3 Å². The lowest BCUT2D eigenvalue weighted by Crippen LogP contribution is -2.67. The summed E-state index contributed by atoms with van der Waals surface area (Å²) in [6.07, 6.45) is 2.17. The van der Waals surface area contributed by atoms with Gasteiger partial charge >= 0.3 is 0 Å². The second-order valence-electron chi connectivity index (χ2n) is 4.79. The van der Waals surface area contributed by atoms with E-state index in [4.69, 9.17) is 14.2 Å². The van der Waals surface area contributed by atoms with Crippen LogP contribution in [0.15, 0.2) is 0 Å². The molecule has 4 heteroatoms. The van der Waals surface area contributed by atoms with E-state index in [-0.39, 0.29) is 11.1 Å². The van der Waals surface area contributed by atoms with Crippen molar-refractivity contribution >= 4 is 0 Å².